The predicted molar refractivity (Wildman–Crippen MR) is 73.4 cm³/mol. The molecule has 0 N–H and O–H groups in total. The van der Waals surface area contributed by atoms with Crippen LogP contribution in [0, 0.1) is 0 Å². The van der Waals surface area contributed by atoms with E-state index in [9.17, 15) is 0 Å². The highest BCUT2D eigenvalue weighted by Crippen LogP contribution is 2.31. The maximum atomic E-state index is 4.85. The summed E-state index contributed by atoms with van der Waals surface area (Å²) >= 11 is 0. The molecule has 2 nitrogen and oxygen atoms in total. The van der Waals surface area contributed by atoms with Crippen LogP contribution in [0.25, 0.3) is 10.9 Å². The summed E-state index contributed by atoms with van der Waals surface area (Å²) < 4.78 is 2.14. The number of hydrogen-bond acceptors (Lipinski definition) is 1. The maximum Gasteiger partial charge on any atom is 0.0756 e. The number of para-hydroxylation sites is 1. The van der Waals surface area contributed by atoms with Crippen LogP contribution in [0.1, 0.15) is 47.2 Å². The number of benzene rings is 1. The molecule has 1 heterocycles. The van der Waals surface area contributed by atoms with Gasteiger partial charge in [-0.15, -0.1) is 0 Å². The number of fused-ring (bicyclic) bond motifs is 1. The van der Waals surface area contributed by atoms with Crippen molar-refractivity contribution in [1.82, 2.24) is 9.78 Å². The molecule has 0 aliphatic rings. The van der Waals surface area contributed by atoms with Crippen molar-refractivity contribution in [2.45, 2.75) is 52.5 Å². The van der Waals surface area contributed by atoms with Crippen LogP contribution < -0.4 is 0 Å². The Bertz CT molecular complexity index is 488. The highest BCUT2D eigenvalue weighted by molar-refractivity contribution is 5.83. The maximum absolute atomic E-state index is 4.85. The Balaban J connectivity index is 2.81. The molecule has 0 unspecified atom stereocenters. The summed E-state index contributed by atoms with van der Waals surface area (Å²) in [4.78, 5) is 0. The monoisotopic (exact) mass is 230 g/mol. The average Bonchev–Trinajstić information content (AvgIpc) is 2.55. The fourth-order valence-corrected chi connectivity index (χ4v) is 2.13. The molecule has 0 saturated heterocycles. The van der Waals surface area contributed by atoms with E-state index in [-0.39, 0.29) is 11.0 Å². The fraction of sp³-hybridized carbons (Fsp3) is 0.533. The summed E-state index contributed by atoms with van der Waals surface area (Å²) in [5, 5.41) is 6.12. The van der Waals surface area contributed by atoms with Crippen LogP contribution in [0.5, 0.6) is 0 Å². The standard InChI is InChI=1S/C15H22N2/c1-14(2,3)13-11-9-7-8-10-12(11)17(16-13)15(4,5)6/h7-10H,1-6H3. The molecule has 0 atom stereocenters. The molecule has 0 aliphatic heterocycles. The first-order valence-corrected chi connectivity index (χ1v) is 6.20. The molecule has 17 heavy (non-hydrogen) atoms. The first kappa shape index (κ1) is 12.2. The second kappa shape index (κ2) is 3.59. The SMILES string of the molecule is CC(C)(C)c1nn(C(C)(C)C)c2ccccc12. The summed E-state index contributed by atoms with van der Waals surface area (Å²) in [5.74, 6) is 0. The third-order valence-electron chi connectivity index (χ3n) is 2.93. The quantitative estimate of drug-likeness (QED) is 0.666. The van der Waals surface area contributed by atoms with Crippen LogP contribution in [-0.2, 0) is 11.0 Å². The van der Waals surface area contributed by atoms with Crippen molar-refractivity contribution in [3.05, 3.63) is 30.0 Å². The van der Waals surface area contributed by atoms with E-state index >= 15 is 0 Å². The van der Waals surface area contributed by atoms with Crippen molar-refractivity contribution < 1.29 is 0 Å². The normalized spacial score (nSPS) is 13.3. The van der Waals surface area contributed by atoms with Crippen molar-refractivity contribution in [2.75, 3.05) is 0 Å². The van der Waals surface area contributed by atoms with Crippen LogP contribution in [-0.4, -0.2) is 9.78 Å². The van der Waals surface area contributed by atoms with Crippen LogP contribution in [0.3, 0.4) is 0 Å². The highest BCUT2D eigenvalue weighted by Gasteiger charge is 2.25. The molecule has 2 heteroatoms. The number of aromatic nitrogens is 2. The van der Waals surface area contributed by atoms with E-state index in [0.717, 1.165) is 0 Å². The van der Waals surface area contributed by atoms with E-state index in [1.165, 1.54) is 16.6 Å². The van der Waals surface area contributed by atoms with Gasteiger partial charge in [-0.1, -0.05) is 39.0 Å². The zero-order chi connectivity index (χ0) is 12.8. The summed E-state index contributed by atoms with van der Waals surface area (Å²) in [6.07, 6.45) is 0. The molecule has 2 aromatic rings. The van der Waals surface area contributed by atoms with Gasteiger partial charge in [0.15, 0.2) is 0 Å². The van der Waals surface area contributed by atoms with E-state index in [2.05, 4.69) is 70.5 Å². The molecule has 0 spiro atoms. The van der Waals surface area contributed by atoms with Gasteiger partial charge in [0, 0.05) is 10.8 Å². The lowest BCUT2D eigenvalue weighted by atomic mass is 9.90. The van der Waals surface area contributed by atoms with Crippen molar-refractivity contribution in [1.29, 1.82) is 0 Å². The third kappa shape index (κ3) is 2.08. The molecular weight excluding hydrogens is 208 g/mol. The minimum Gasteiger partial charge on any atom is -0.259 e. The Hall–Kier alpha value is -1.31. The second-order valence-corrected chi connectivity index (χ2v) is 6.70. The Morgan fingerprint density at radius 3 is 2.06 bits per heavy atom. The zero-order valence-corrected chi connectivity index (χ0v) is 11.7. The fourth-order valence-electron chi connectivity index (χ4n) is 2.13. The van der Waals surface area contributed by atoms with Crippen molar-refractivity contribution >= 4 is 10.9 Å². The summed E-state index contributed by atoms with van der Waals surface area (Å²) in [6.45, 7) is 13.2. The Morgan fingerprint density at radius 1 is 0.941 bits per heavy atom. The summed E-state index contributed by atoms with van der Waals surface area (Å²) in [7, 11) is 0. The summed E-state index contributed by atoms with van der Waals surface area (Å²) in [5.41, 5.74) is 2.51. The first-order valence-electron chi connectivity index (χ1n) is 6.20. The van der Waals surface area contributed by atoms with Gasteiger partial charge in [0.2, 0.25) is 0 Å². The Morgan fingerprint density at radius 2 is 1.53 bits per heavy atom. The number of rotatable bonds is 0. The van der Waals surface area contributed by atoms with Crippen LogP contribution >= 0.6 is 0 Å². The van der Waals surface area contributed by atoms with Crippen molar-refractivity contribution in [2.24, 2.45) is 0 Å². The van der Waals surface area contributed by atoms with Crippen LogP contribution in [0.4, 0.5) is 0 Å². The van der Waals surface area contributed by atoms with E-state index in [1.54, 1.807) is 0 Å². The minimum atomic E-state index is 0.0170. The largest absolute Gasteiger partial charge is 0.259 e. The molecule has 2 rings (SSSR count). The molecule has 0 fully saturated rings. The van der Waals surface area contributed by atoms with E-state index < -0.39 is 0 Å². The summed E-state index contributed by atoms with van der Waals surface area (Å²) in [6, 6.07) is 8.50. The van der Waals surface area contributed by atoms with Gasteiger partial charge in [-0.25, -0.2) is 0 Å². The zero-order valence-electron chi connectivity index (χ0n) is 11.7. The van der Waals surface area contributed by atoms with Gasteiger partial charge in [0.05, 0.1) is 16.7 Å². The number of hydrogen-bond donors (Lipinski definition) is 0. The van der Waals surface area contributed by atoms with E-state index in [0.29, 0.717) is 0 Å². The topological polar surface area (TPSA) is 17.8 Å². The molecule has 0 radical (unpaired) electrons. The van der Waals surface area contributed by atoms with E-state index in [1.807, 2.05) is 0 Å². The highest BCUT2D eigenvalue weighted by atomic mass is 15.3. The molecule has 0 amide bonds. The lowest BCUT2D eigenvalue weighted by Crippen LogP contribution is -2.24. The average molecular weight is 230 g/mol. The molecule has 0 aliphatic carbocycles. The Labute approximate surface area is 104 Å². The van der Waals surface area contributed by atoms with E-state index in [4.69, 9.17) is 5.10 Å². The molecule has 0 bridgehead atoms. The molecule has 1 aromatic heterocycles. The minimum absolute atomic E-state index is 0.0170. The van der Waals surface area contributed by atoms with Gasteiger partial charge in [-0.3, -0.25) is 4.68 Å². The van der Waals surface area contributed by atoms with Crippen molar-refractivity contribution in [3.63, 3.8) is 0 Å². The molecule has 1 aromatic carbocycles. The molecular formula is C15H22N2. The van der Waals surface area contributed by atoms with Gasteiger partial charge in [0.25, 0.3) is 0 Å². The molecule has 92 valence electrons. The van der Waals surface area contributed by atoms with Gasteiger partial charge < -0.3 is 0 Å². The van der Waals surface area contributed by atoms with Gasteiger partial charge in [0.1, 0.15) is 0 Å². The second-order valence-electron chi connectivity index (χ2n) is 6.70. The Kier molecular flexibility index (Phi) is 2.57. The smallest absolute Gasteiger partial charge is 0.0756 e. The van der Waals surface area contributed by atoms with Gasteiger partial charge >= 0.3 is 0 Å². The third-order valence-corrected chi connectivity index (χ3v) is 2.93. The first-order chi connectivity index (χ1) is 7.71. The van der Waals surface area contributed by atoms with Crippen molar-refractivity contribution in [3.8, 4) is 0 Å². The predicted octanol–water partition coefficient (Wildman–Crippen LogP) is 4.09. The molecule has 0 saturated carbocycles. The van der Waals surface area contributed by atoms with Gasteiger partial charge in [-0.05, 0) is 26.8 Å². The van der Waals surface area contributed by atoms with Gasteiger partial charge in [-0.2, -0.15) is 5.10 Å². The van der Waals surface area contributed by atoms with Crippen LogP contribution in [0.15, 0.2) is 24.3 Å². The number of nitrogens with zero attached hydrogens (tertiary/aromatic N) is 2. The lowest BCUT2D eigenvalue weighted by Gasteiger charge is -2.21. The van der Waals surface area contributed by atoms with Crippen LogP contribution in [0.2, 0.25) is 0 Å². The lowest BCUT2D eigenvalue weighted by molar-refractivity contribution is 0.360.